The fraction of sp³-hybridized carbons (Fsp3) is 0. The molecule has 0 saturated heterocycles. The summed E-state index contributed by atoms with van der Waals surface area (Å²) in [6.45, 7) is 0. The molecule has 0 aliphatic heterocycles. The number of hydrogen-bond acceptors (Lipinski definition) is 5. The molecule has 0 amide bonds. The number of rotatable bonds is 6. The molecule has 0 aliphatic carbocycles. The summed E-state index contributed by atoms with van der Waals surface area (Å²) in [7, 11) is 0. The second-order valence-electron chi connectivity index (χ2n) is 22.0. The van der Waals surface area contributed by atoms with Crippen molar-refractivity contribution in [2.45, 2.75) is 0 Å². The van der Waals surface area contributed by atoms with Crippen molar-refractivity contribution in [2.75, 3.05) is 0 Å². The first-order valence-corrected chi connectivity index (χ1v) is 30.8. The van der Waals surface area contributed by atoms with Gasteiger partial charge in [-0.1, -0.05) is 152 Å². The van der Waals surface area contributed by atoms with Crippen LogP contribution in [-0.2, 0) is 0 Å². The van der Waals surface area contributed by atoms with Crippen LogP contribution in [0.5, 0.6) is 0 Å². The topological polar surface area (TPSA) is 40.6 Å². The van der Waals surface area contributed by atoms with Gasteiger partial charge in [0.05, 0.1) is 44.5 Å². The van der Waals surface area contributed by atoms with E-state index in [2.05, 4.69) is 275 Å². The average molecular weight is 1120 g/mol. The van der Waals surface area contributed by atoms with Gasteiger partial charge in [-0.2, -0.15) is 0 Å². The summed E-state index contributed by atoms with van der Waals surface area (Å²) in [6, 6.07) is 95.7. The Morgan fingerprint density at radius 1 is 0.238 bits per heavy atom. The molecule has 84 heavy (non-hydrogen) atoms. The maximum Gasteiger partial charge on any atom is 0.160 e. The molecule has 0 saturated carbocycles. The van der Waals surface area contributed by atoms with E-state index in [0.29, 0.717) is 5.82 Å². The average Bonchev–Trinajstić information content (AvgIpc) is 3.89. The zero-order valence-electron chi connectivity index (χ0n) is 44.8. The number of nitrogens with zero attached hydrogens (tertiary/aromatic N) is 5. The van der Waals surface area contributed by atoms with Crippen LogP contribution in [0, 0.1) is 0 Å². The number of thiophene rings is 3. The zero-order chi connectivity index (χ0) is 54.7. The third-order valence-electron chi connectivity index (χ3n) is 17.5. The zero-order valence-corrected chi connectivity index (χ0v) is 47.2. The van der Waals surface area contributed by atoms with Gasteiger partial charge < -0.3 is 13.7 Å². The molecular weight excluding hydrogens is 1080 g/mol. The van der Waals surface area contributed by atoms with Gasteiger partial charge in [-0.05, 0) is 109 Å². The number of fused-ring (bicyclic) bond motifs is 21. The molecule has 390 valence electrons. The molecule has 7 aromatic heterocycles. The van der Waals surface area contributed by atoms with Gasteiger partial charge in [0.25, 0.3) is 0 Å². The molecule has 0 unspecified atom stereocenters. The van der Waals surface area contributed by atoms with Gasteiger partial charge in [-0.3, -0.25) is 0 Å². The van der Waals surface area contributed by atoms with Crippen molar-refractivity contribution in [1.82, 2.24) is 23.7 Å². The molecule has 0 N–H and O–H groups in total. The van der Waals surface area contributed by atoms with Crippen LogP contribution >= 0.6 is 34.0 Å². The van der Waals surface area contributed by atoms with Crippen molar-refractivity contribution in [3.63, 3.8) is 0 Å². The molecule has 0 radical (unpaired) electrons. The highest BCUT2D eigenvalue weighted by molar-refractivity contribution is 7.26. The minimum Gasteiger partial charge on any atom is -0.309 e. The van der Waals surface area contributed by atoms with E-state index in [1.807, 2.05) is 34.0 Å². The largest absolute Gasteiger partial charge is 0.309 e. The van der Waals surface area contributed by atoms with E-state index in [1.54, 1.807) is 0 Å². The molecule has 19 aromatic rings. The van der Waals surface area contributed by atoms with Gasteiger partial charge in [0.1, 0.15) is 0 Å². The third kappa shape index (κ3) is 6.64. The number of para-hydroxylation sites is 3. The Morgan fingerprint density at radius 2 is 0.536 bits per heavy atom. The quantitative estimate of drug-likeness (QED) is 0.166. The van der Waals surface area contributed by atoms with Crippen LogP contribution in [0.2, 0.25) is 0 Å². The van der Waals surface area contributed by atoms with Gasteiger partial charge in [0.15, 0.2) is 5.82 Å². The summed E-state index contributed by atoms with van der Waals surface area (Å²) in [5.74, 6) is 0.666. The fourth-order valence-electron chi connectivity index (χ4n) is 13.8. The standard InChI is InChI=1S/C76H43N5S3/c1-7-19-61-50(13-1)53-37-40-67-70(56-16-4-10-22-64(56)82-67)73(53)79(61)47-31-25-44(26-32-47)59-43-60(45-27-33-48(34-28-45)80-62-20-8-2-14-51(62)54-38-41-68-71(74(54)80)57-17-5-11-23-65(57)83-68)78-76(77-59)46-29-35-49(36-30-46)81-63-21-9-3-15-52(63)55-39-42-69-72(75(55)81)58-18-6-12-24-66(58)84-69/h1-43H. The maximum atomic E-state index is 5.47. The second kappa shape index (κ2) is 17.6. The minimum absolute atomic E-state index is 0.666. The Bertz CT molecular complexity index is 5370. The van der Waals surface area contributed by atoms with Crippen LogP contribution in [0.1, 0.15) is 0 Å². The summed E-state index contributed by atoms with van der Waals surface area (Å²) < 4.78 is 15.1. The lowest BCUT2D eigenvalue weighted by molar-refractivity contribution is 1.16. The van der Waals surface area contributed by atoms with Gasteiger partial charge >= 0.3 is 0 Å². The maximum absolute atomic E-state index is 5.47. The Balaban J connectivity index is 0.779. The van der Waals surface area contributed by atoms with E-state index < -0.39 is 0 Å². The SMILES string of the molecule is c1ccc2c(c1)sc1ccc3c4ccccc4n(-c4ccc(-c5cc(-c6ccc(-n7c8ccccc8c8ccc9sc%10ccccc%10c9c87)cc6)nc(-c6ccc(-n7c8ccccc8c8ccc9sc%10ccccc%10c9c87)cc6)n5)cc4)c3c12. The molecule has 0 aliphatic rings. The highest BCUT2D eigenvalue weighted by atomic mass is 32.1. The molecule has 5 nitrogen and oxygen atoms in total. The molecule has 0 fully saturated rings. The van der Waals surface area contributed by atoms with Crippen LogP contribution in [0.15, 0.2) is 261 Å². The minimum atomic E-state index is 0.666. The van der Waals surface area contributed by atoms with E-state index in [4.69, 9.17) is 9.97 Å². The number of hydrogen-bond donors (Lipinski definition) is 0. The predicted octanol–water partition coefficient (Wildman–Crippen LogP) is 21.9. The molecule has 7 heterocycles. The van der Waals surface area contributed by atoms with Crippen LogP contribution in [0.25, 0.3) is 177 Å². The van der Waals surface area contributed by atoms with Crippen LogP contribution in [0.3, 0.4) is 0 Å². The molecular formula is C76H43N5S3. The van der Waals surface area contributed by atoms with Crippen LogP contribution < -0.4 is 0 Å². The van der Waals surface area contributed by atoms with E-state index >= 15 is 0 Å². The normalized spacial score (nSPS) is 12.3. The fourth-order valence-corrected chi connectivity index (χ4v) is 17.1. The van der Waals surface area contributed by atoms with Gasteiger partial charge in [0, 0.05) is 127 Å². The summed E-state index contributed by atoms with van der Waals surface area (Å²) in [6.07, 6.45) is 0. The Hall–Kier alpha value is -10.2. The number of benzene rings is 12. The van der Waals surface area contributed by atoms with Crippen molar-refractivity contribution in [2.24, 2.45) is 0 Å². The molecule has 0 bridgehead atoms. The highest BCUT2D eigenvalue weighted by Crippen LogP contribution is 2.47. The Labute approximate surface area is 492 Å². The molecule has 0 atom stereocenters. The Morgan fingerprint density at radius 3 is 0.881 bits per heavy atom. The van der Waals surface area contributed by atoms with Gasteiger partial charge in [0.2, 0.25) is 0 Å². The Kier molecular flexibility index (Phi) is 9.75. The lowest BCUT2D eigenvalue weighted by atomic mass is 10.1. The second-order valence-corrected chi connectivity index (χ2v) is 25.2. The van der Waals surface area contributed by atoms with Gasteiger partial charge in [-0.15, -0.1) is 34.0 Å². The molecule has 12 aromatic carbocycles. The first-order chi connectivity index (χ1) is 41.6. The van der Waals surface area contributed by atoms with Crippen LogP contribution in [-0.4, -0.2) is 23.7 Å². The van der Waals surface area contributed by atoms with E-state index in [-0.39, 0.29) is 0 Å². The monoisotopic (exact) mass is 1120 g/mol. The summed E-state index contributed by atoms with van der Waals surface area (Å²) in [5.41, 5.74) is 15.2. The van der Waals surface area contributed by atoms with Crippen molar-refractivity contribution in [3.05, 3.63) is 261 Å². The smallest absolute Gasteiger partial charge is 0.160 e. The van der Waals surface area contributed by atoms with Crippen molar-refractivity contribution >= 4 is 160 Å². The first kappa shape index (κ1) is 46.4. The summed E-state index contributed by atoms with van der Waals surface area (Å²) in [4.78, 5) is 10.9. The van der Waals surface area contributed by atoms with E-state index in [0.717, 1.165) is 45.1 Å². The predicted molar refractivity (Wildman–Crippen MR) is 360 cm³/mol. The van der Waals surface area contributed by atoms with E-state index in [9.17, 15) is 0 Å². The van der Waals surface area contributed by atoms with Crippen molar-refractivity contribution in [3.8, 4) is 51.0 Å². The van der Waals surface area contributed by atoms with E-state index in [1.165, 1.54) is 126 Å². The highest BCUT2D eigenvalue weighted by Gasteiger charge is 2.23. The van der Waals surface area contributed by atoms with Crippen molar-refractivity contribution in [1.29, 1.82) is 0 Å². The lowest BCUT2D eigenvalue weighted by Gasteiger charge is -2.13. The lowest BCUT2D eigenvalue weighted by Crippen LogP contribution is -1.99. The third-order valence-corrected chi connectivity index (χ3v) is 20.9. The summed E-state index contributed by atoms with van der Waals surface area (Å²) >= 11 is 5.59. The number of aromatic nitrogens is 5. The van der Waals surface area contributed by atoms with Crippen LogP contribution in [0.4, 0.5) is 0 Å². The molecule has 19 rings (SSSR count). The molecule has 8 heteroatoms. The first-order valence-electron chi connectivity index (χ1n) is 28.4. The van der Waals surface area contributed by atoms with Crippen molar-refractivity contribution < 1.29 is 0 Å². The summed E-state index contributed by atoms with van der Waals surface area (Å²) in [5, 5.41) is 15.2. The molecule has 0 spiro atoms. The van der Waals surface area contributed by atoms with Gasteiger partial charge in [-0.25, -0.2) is 9.97 Å².